The van der Waals surface area contributed by atoms with Gasteiger partial charge < -0.3 is 19.7 Å². The fourth-order valence-electron chi connectivity index (χ4n) is 3.03. The maximum Gasteiger partial charge on any atom is 0.452 e. The molecule has 1 aliphatic rings. The molecule has 0 saturated carbocycles. The number of aliphatic hydroxyl groups excluding tert-OH is 1. The maximum atomic E-state index is 13.4. The van der Waals surface area contributed by atoms with E-state index in [1.54, 1.807) is 23.1 Å². The van der Waals surface area contributed by atoms with Crippen LogP contribution in [0.1, 0.15) is 22.7 Å². The Morgan fingerprint density at radius 3 is 2.50 bits per heavy atom. The third kappa shape index (κ3) is 4.10. The summed E-state index contributed by atoms with van der Waals surface area (Å²) in [5.74, 6) is -2.54. The first-order valence-corrected chi connectivity index (χ1v) is 9.01. The van der Waals surface area contributed by atoms with Crippen LogP contribution in [0.25, 0.3) is 11.5 Å². The number of β-amino-alcohol motifs (C(OH)–C–C–N with tert-alkyl or cyclic N) is 1. The van der Waals surface area contributed by atoms with Crippen molar-refractivity contribution in [2.75, 3.05) is 23.3 Å². The van der Waals surface area contributed by atoms with E-state index in [-0.39, 0.29) is 11.6 Å². The minimum Gasteiger partial charge on any atom is -0.431 e. The minimum atomic E-state index is -4.90. The molecule has 1 fully saturated rings. The quantitative estimate of drug-likeness (QED) is 0.670. The lowest BCUT2D eigenvalue weighted by Crippen LogP contribution is -2.23. The van der Waals surface area contributed by atoms with Crippen LogP contribution in [0.2, 0.25) is 0 Å². The van der Waals surface area contributed by atoms with Gasteiger partial charge in [0.05, 0.1) is 24.2 Å². The number of aliphatic hydroxyl groups is 1. The molecule has 8 nitrogen and oxygen atoms in total. The predicted molar refractivity (Wildman–Crippen MR) is 99.8 cm³/mol. The summed E-state index contributed by atoms with van der Waals surface area (Å²) in [6, 6.07) is 7.97. The Hall–Kier alpha value is -3.47. The van der Waals surface area contributed by atoms with E-state index in [2.05, 4.69) is 20.3 Å². The van der Waals surface area contributed by atoms with Crippen molar-refractivity contribution in [2.45, 2.75) is 18.7 Å². The Bertz CT molecular complexity index is 1040. The lowest BCUT2D eigenvalue weighted by atomic mass is 10.2. The first kappa shape index (κ1) is 19.8. The molecule has 1 aliphatic heterocycles. The van der Waals surface area contributed by atoms with Crippen molar-refractivity contribution in [3.05, 3.63) is 54.2 Å². The van der Waals surface area contributed by atoms with E-state index < -0.39 is 29.6 Å². The van der Waals surface area contributed by atoms with Gasteiger partial charge in [0.2, 0.25) is 17.6 Å². The summed E-state index contributed by atoms with van der Waals surface area (Å²) >= 11 is 0. The zero-order valence-corrected chi connectivity index (χ0v) is 15.4. The number of carbonyl (C=O) groups excluding carboxylic acids is 1. The zero-order chi connectivity index (χ0) is 21.3. The Morgan fingerprint density at radius 1 is 1.20 bits per heavy atom. The van der Waals surface area contributed by atoms with Crippen LogP contribution in [0.3, 0.4) is 0 Å². The highest BCUT2D eigenvalue weighted by atomic mass is 19.4. The number of hydrogen-bond acceptors (Lipinski definition) is 7. The molecule has 2 N–H and O–H groups in total. The summed E-state index contributed by atoms with van der Waals surface area (Å²) in [6.07, 6.45) is -2.21. The number of aromatic nitrogens is 3. The summed E-state index contributed by atoms with van der Waals surface area (Å²) in [5, 5.41) is 11.9. The van der Waals surface area contributed by atoms with Gasteiger partial charge in [-0.15, -0.1) is 0 Å². The van der Waals surface area contributed by atoms with Crippen molar-refractivity contribution >= 4 is 17.5 Å². The molecule has 3 heterocycles. The van der Waals surface area contributed by atoms with E-state index in [1.165, 1.54) is 24.5 Å². The molecule has 156 valence electrons. The highest BCUT2D eigenvalue weighted by Gasteiger charge is 2.42. The van der Waals surface area contributed by atoms with Crippen LogP contribution in [-0.4, -0.2) is 45.2 Å². The van der Waals surface area contributed by atoms with Crippen LogP contribution in [-0.2, 0) is 6.18 Å². The van der Waals surface area contributed by atoms with Crippen molar-refractivity contribution in [3.63, 3.8) is 0 Å². The molecule has 11 heteroatoms. The van der Waals surface area contributed by atoms with Crippen LogP contribution in [0, 0.1) is 0 Å². The fraction of sp³-hybridized carbons (Fsp3) is 0.263. The number of nitrogens with zero attached hydrogens (tertiary/aromatic N) is 4. The molecule has 2 aromatic heterocycles. The summed E-state index contributed by atoms with van der Waals surface area (Å²) in [6.45, 7) is 0.977. The number of amides is 1. The molecule has 4 rings (SSSR count). The molecule has 1 amide bonds. The van der Waals surface area contributed by atoms with Crippen molar-refractivity contribution in [2.24, 2.45) is 0 Å². The average molecular weight is 419 g/mol. The molecule has 0 bridgehead atoms. The largest absolute Gasteiger partial charge is 0.452 e. The van der Waals surface area contributed by atoms with E-state index in [4.69, 9.17) is 4.42 Å². The second kappa shape index (κ2) is 7.75. The molecule has 0 aliphatic carbocycles. The predicted octanol–water partition coefficient (Wildman–Crippen LogP) is 2.97. The molecular weight excluding hydrogens is 403 g/mol. The highest BCUT2D eigenvalue weighted by Crippen LogP contribution is 2.35. The van der Waals surface area contributed by atoms with Crippen LogP contribution < -0.4 is 10.2 Å². The first-order valence-electron chi connectivity index (χ1n) is 9.01. The Morgan fingerprint density at radius 2 is 1.90 bits per heavy atom. The van der Waals surface area contributed by atoms with Crippen molar-refractivity contribution in [3.8, 4) is 11.5 Å². The molecule has 0 unspecified atom stereocenters. The number of nitrogens with one attached hydrogen (secondary N) is 1. The summed E-state index contributed by atoms with van der Waals surface area (Å²) < 4.78 is 45.0. The zero-order valence-electron chi connectivity index (χ0n) is 15.4. The highest BCUT2D eigenvalue weighted by molar-refractivity contribution is 6.03. The number of rotatable bonds is 4. The van der Waals surface area contributed by atoms with Gasteiger partial charge in [0, 0.05) is 18.7 Å². The summed E-state index contributed by atoms with van der Waals surface area (Å²) in [4.78, 5) is 26.2. The SMILES string of the molecule is O=C(Nc1cnc(N2CC[C@@H](O)C2)nc1)c1nc(-c2ccccc2)oc1C(F)(F)F. The van der Waals surface area contributed by atoms with Gasteiger partial charge in [0.15, 0.2) is 5.69 Å². The lowest BCUT2D eigenvalue weighted by Gasteiger charge is -2.15. The van der Waals surface area contributed by atoms with E-state index >= 15 is 0 Å². The number of benzene rings is 1. The second-order valence-electron chi connectivity index (χ2n) is 6.67. The Labute approximate surface area is 168 Å². The van der Waals surface area contributed by atoms with E-state index in [9.17, 15) is 23.1 Å². The van der Waals surface area contributed by atoms with E-state index in [1.807, 2.05) is 0 Å². The summed E-state index contributed by atoms with van der Waals surface area (Å²) in [5.41, 5.74) is -0.475. The molecule has 1 aromatic carbocycles. The number of alkyl halides is 3. The minimum absolute atomic E-state index is 0.0980. The number of anilines is 2. The van der Waals surface area contributed by atoms with Gasteiger partial charge in [-0.1, -0.05) is 18.2 Å². The topological polar surface area (TPSA) is 104 Å². The molecule has 30 heavy (non-hydrogen) atoms. The smallest absolute Gasteiger partial charge is 0.431 e. The number of oxazole rings is 1. The Balaban J connectivity index is 1.56. The second-order valence-corrected chi connectivity index (χ2v) is 6.67. The molecular formula is C19H16F3N5O3. The van der Waals surface area contributed by atoms with Crippen LogP contribution >= 0.6 is 0 Å². The van der Waals surface area contributed by atoms with E-state index in [0.29, 0.717) is 31.0 Å². The number of carbonyl (C=O) groups is 1. The van der Waals surface area contributed by atoms with Gasteiger partial charge >= 0.3 is 6.18 Å². The first-order chi connectivity index (χ1) is 14.3. The molecule has 1 saturated heterocycles. The van der Waals surface area contributed by atoms with Gasteiger partial charge in [0.25, 0.3) is 5.91 Å². The van der Waals surface area contributed by atoms with Crippen LogP contribution in [0.4, 0.5) is 24.8 Å². The average Bonchev–Trinajstić information content (AvgIpc) is 3.36. The standard InChI is InChI=1S/C19H16F3N5O3/c20-19(21,22)15-14(26-17(30-15)11-4-2-1-3-5-11)16(29)25-12-8-23-18(24-9-12)27-7-6-13(28)10-27/h1-5,8-9,13,28H,6-7,10H2,(H,25,29)/t13-/m1/s1. The fourth-order valence-corrected chi connectivity index (χ4v) is 3.03. The van der Waals surface area contributed by atoms with Gasteiger partial charge in [-0.3, -0.25) is 4.79 Å². The molecule has 1 atom stereocenters. The normalized spacial score (nSPS) is 16.7. The van der Waals surface area contributed by atoms with Crippen LogP contribution in [0.5, 0.6) is 0 Å². The molecule has 0 spiro atoms. The molecule has 3 aromatic rings. The van der Waals surface area contributed by atoms with Gasteiger partial charge in [0.1, 0.15) is 0 Å². The van der Waals surface area contributed by atoms with Crippen molar-refractivity contribution in [1.82, 2.24) is 15.0 Å². The van der Waals surface area contributed by atoms with Crippen molar-refractivity contribution < 1.29 is 27.5 Å². The van der Waals surface area contributed by atoms with Gasteiger partial charge in [-0.05, 0) is 18.6 Å². The summed E-state index contributed by atoms with van der Waals surface area (Å²) in [7, 11) is 0. The maximum absolute atomic E-state index is 13.4. The lowest BCUT2D eigenvalue weighted by molar-refractivity contribution is -0.153. The third-order valence-electron chi connectivity index (χ3n) is 4.46. The monoisotopic (exact) mass is 419 g/mol. The van der Waals surface area contributed by atoms with Gasteiger partial charge in [-0.2, -0.15) is 13.2 Å². The number of hydrogen-bond donors (Lipinski definition) is 2. The molecule has 0 radical (unpaired) electrons. The van der Waals surface area contributed by atoms with Crippen molar-refractivity contribution in [1.29, 1.82) is 0 Å². The third-order valence-corrected chi connectivity index (χ3v) is 4.46. The van der Waals surface area contributed by atoms with E-state index in [0.717, 1.165) is 0 Å². The Kier molecular flexibility index (Phi) is 5.12. The van der Waals surface area contributed by atoms with Gasteiger partial charge in [-0.25, -0.2) is 15.0 Å². The van der Waals surface area contributed by atoms with Crippen LogP contribution in [0.15, 0.2) is 47.1 Å². The number of halogens is 3.